The molecular formula is C12H12BrN3O. The third-order valence-electron chi connectivity index (χ3n) is 3.01. The molecule has 0 radical (unpaired) electrons. The van der Waals surface area contributed by atoms with Crippen LogP contribution in [0.1, 0.15) is 11.3 Å². The summed E-state index contributed by atoms with van der Waals surface area (Å²) in [7, 11) is 0. The van der Waals surface area contributed by atoms with Gasteiger partial charge in [0.2, 0.25) is 0 Å². The van der Waals surface area contributed by atoms with E-state index in [9.17, 15) is 4.79 Å². The molecule has 0 unspecified atom stereocenters. The van der Waals surface area contributed by atoms with Crippen molar-refractivity contribution in [2.45, 2.75) is 13.0 Å². The van der Waals surface area contributed by atoms with Gasteiger partial charge in [-0.2, -0.15) is 0 Å². The van der Waals surface area contributed by atoms with Crippen LogP contribution in [0.3, 0.4) is 0 Å². The van der Waals surface area contributed by atoms with E-state index in [1.54, 1.807) is 4.68 Å². The molecule has 1 aromatic carbocycles. The summed E-state index contributed by atoms with van der Waals surface area (Å²) in [5.41, 5.74) is 2.83. The first-order chi connectivity index (χ1) is 8.25. The van der Waals surface area contributed by atoms with Gasteiger partial charge in [-0.25, -0.2) is 4.68 Å². The van der Waals surface area contributed by atoms with Crippen molar-refractivity contribution in [1.82, 2.24) is 15.1 Å². The van der Waals surface area contributed by atoms with Crippen LogP contribution in [0.5, 0.6) is 0 Å². The third-order valence-corrected chi connectivity index (χ3v) is 3.54. The molecule has 0 amide bonds. The van der Waals surface area contributed by atoms with Crippen LogP contribution in [0, 0.1) is 0 Å². The molecular weight excluding hydrogens is 282 g/mol. The average molecular weight is 294 g/mol. The molecule has 5 heteroatoms. The summed E-state index contributed by atoms with van der Waals surface area (Å²) in [6.45, 7) is 1.58. The highest BCUT2D eigenvalue weighted by Crippen LogP contribution is 2.14. The van der Waals surface area contributed by atoms with E-state index >= 15 is 0 Å². The molecule has 0 atom stereocenters. The van der Waals surface area contributed by atoms with Crippen molar-refractivity contribution in [3.8, 4) is 5.69 Å². The minimum Gasteiger partial charge on any atom is -0.312 e. The third kappa shape index (κ3) is 1.85. The first-order valence-corrected chi connectivity index (χ1v) is 6.34. The van der Waals surface area contributed by atoms with E-state index in [2.05, 4.69) is 26.3 Å². The molecule has 0 bridgehead atoms. The summed E-state index contributed by atoms with van der Waals surface area (Å²) in [6, 6.07) is 7.70. The second-order valence-corrected chi connectivity index (χ2v) is 5.03. The van der Waals surface area contributed by atoms with Crippen molar-refractivity contribution in [2.75, 3.05) is 6.54 Å². The van der Waals surface area contributed by atoms with Gasteiger partial charge in [0.05, 0.1) is 11.3 Å². The standard InChI is InChI=1S/C12H12BrN3O/c13-8-1-3-9(4-2-8)16-12(17)10-7-14-6-5-11(10)15-16/h1-4,14-15H,5-7H2. The van der Waals surface area contributed by atoms with Crippen molar-refractivity contribution in [2.24, 2.45) is 0 Å². The molecule has 0 spiro atoms. The number of aromatic amines is 1. The molecule has 0 saturated heterocycles. The average Bonchev–Trinajstić information content (AvgIpc) is 2.69. The van der Waals surface area contributed by atoms with Gasteiger partial charge >= 0.3 is 0 Å². The van der Waals surface area contributed by atoms with Crippen LogP contribution in [0.4, 0.5) is 0 Å². The lowest BCUT2D eigenvalue weighted by atomic mass is 10.1. The minimum absolute atomic E-state index is 0.0505. The Hall–Kier alpha value is -1.33. The number of halogens is 1. The van der Waals surface area contributed by atoms with E-state index in [0.717, 1.165) is 34.4 Å². The second-order valence-electron chi connectivity index (χ2n) is 4.11. The number of aromatic nitrogens is 2. The van der Waals surface area contributed by atoms with Gasteiger partial charge in [-0.3, -0.25) is 9.89 Å². The van der Waals surface area contributed by atoms with Gasteiger partial charge in [0, 0.05) is 29.7 Å². The van der Waals surface area contributed by atoms with Crippen LogP contribution in [-0.4, -0.2) is 16.3 Å². The summed E-state index contributed by atoms with van der Waals surface area (Å²) in [5, 5.41) is 6.40. The number of hydrogen-bond acceptors (Lipinski definition) is 2. The smallest absolute Gasteiger partial charge is 0.275 e. The van der Waals surface area contributed by atoms with E-state index in [-0.39, 0.29) is 5.56 Å². The lowest BCUT2D eigenvalue weighted by Crippen LogP contribution is -2.27. The van der Waals surface area contributed by atoms with Crippen molar-refractivity contribution < 1.29 is 0 Å². The zero-order chi connectivity index (χ0) is 11.8. The minimum atomic E-state index is 0.0505. The number of hydrogen-bond donors (Lipinski definition) is 2. The van der Waals surface area contributed by atoms with Crippen molar-refractivity contribution >= 4 is 15.9 Å². The Labute approximate surface area is 107 Å². The SMILES string of the molecule is O=c1c2c([nH]n1-c1ccc(Br)cc1)CCNC2. The number of nitrogens with zero attached hydrogens (tertiary/aromatic N) is 1. The largest absolute Gasteiger partial charge is 0.312 e. The Morgan fingerprint density at radius 3 is 2.71 bits per heavy atom. The molecule has 3 rings (SSSR count). The molecule has 4 nitrogen and oxygen atoms in total. The van der Waals surface area contributed by atoms with Crippen molar-refractivity contribution in [1.29, 1.82) is 0 Å². The van der Waals surface area contributed by atoms with E-state index in [1.807, 2.05) is 24.3 Å². The molecule has 2 heterocycles. The molecule has 1 aliphatic rings. The Balaban J connectivity index is 2.12. The normalized spacial score (nSPS) is 14.6. The summed E-state index contributed by atoms with van der Waals surface area (Å²) in [5.74, 6) is 0. The van der Waals surface area contributed by atoms with Gasteiger partial charge in [-0.05, 0) is 24.3 Å². The topological polar surface area (TPSA) is 49.8 Å². The maximum Gasteiger partial charge on any atom is 0.275 e. The maximum absolute atomic E-state index is 12.2. The first kappa shape index (κ1) is 10.8. The summed E-state index contributed by atoms with van der Waals surface area (Å²) >= 11 is 3.39. The highest BCUT2D eigenvalue weighted by molar-refractivity contribution is 9.10. The zero-order valence-corrected chi connectivity index (χ0v) is 10.8. The Kier molecular flexibility index (Phi) is 2.64. The number of rotatable bonds is 1. The highest BCUT2D eigenvalue weighted by Gasteiger charge is 2.17. The van der Waals surface area contributed by atoms with Gasteiger partial charge in [0.15, 0.2) is 0 Å². The van der Waals surface area contributed by atoms with E-state index in [0.29, 0.717) is 6.54 Å². The van der Waals surface area contributed by atoms with Crippen LogP contribution in [-0.2, 0) is 13.0 Å². The second kappa shape index (κ2) is 4.16. The number of fused-ring (bicyclic) bond motifs is 1. The first-order valence-electron chi connectivity index (χ1n) is 5.55. The van der Waals surface area contributed by atoms with Gasteiger partial charge in [0.1, 0.15) is 0 Å². The highest BCUT2D eigenvalue weighted by atomic mass is 79.9. The van der Waals surface area contributed by atoms with Crippen molar-refractivity contribution in [3.05, 3.63) is 50.3 Å². The van der Waals surface area contributed by atoms with Gasteiger partial charge in [-0.15, -0.1) is 0 Å². The summed E-state index contributed by atoms with van der Waals surface area (Å²) < 4.78 is 2.62. The molecule has 88 valence electrons. The van der Waals surface area contributed by atoms with Crippen LogP contribution in [0.2, 0.25) is 0 Å². The predicted molar refractivity (Wildman–Crippen MR) is 69.5 cm³/mol. The zero-order valence-electron chi connectivity index (χ0n) is 9.16. The Morgan fingerprint density at radius 2 is 2.00 bits per heavy atom. The van der Waals surface area contributed by atoms with E-state index < -0.39 is 0 Å². The fourth-order valence-corrected chi connectivity index (χ4v) is 2.37. The van der Waals surface area contributed by atoms with Crippen LogP contribution in [0.15, 0.2) is 33.5 Å². The van der Waals surface area contributed by atoms with Crippen LogP contribution < -0.4 is 10.9 Å². The van der Waals surface area contributed by atoms with E-state index in [1.165, 1.54) is 0 Å². The molecule has 1 aromatic heterocycles. The lowest BCUT2D eigenvalue weighted by Gasteiger charge is -2.09. The molecule has 2 N–H and O–H groups in total. The Morgan fingerprint density at radius 1 is 1.24 bits per heavy atom. The van der Waals surface area contributed by atoms with Gasteiger partial charge in [0.25, 0.3) is 5.56 Å². The molecule has 17 heavy (non-hydrogen) atoms. The molecule has 2 aromatic rings. The molecule has 0 saturated carbocycles. The Bertz CT molecular complexity index is 597. The lowest BCUT2D eigenvalue weighted by molar-refractivity contribution is 0.634. The molecule has 0 aliphatic carbocycles. The van der Waals surface area contributed by atoms with Gasteiger partial charge < -0.3 is 5.32 Å². The number of nitrogens with one attached hydrogen (secondary N) is 2. The molecule has 0 fully saturated rings. The predicted octanol–water partition coefficient (Wildman–Crippen LogP) is 1.57. The van der Waals surface area contributed by atoms with Crippen molar-refractivity contribution in [3.63, 3.8) is 0 Å². The molecule has 1 aliphatic heterocycles. The van der Waals surface area contributed by atoms with Crippen LogP contribution >= 0.6 is 15.9 Å². The number of H-pyrrole nitrogens is 1. The quantitative estimate of drug-likeness (QED) is 0.839. The fourth-order valence-electron chi connectivity index (χ4n) is 2.11. The fraction of sp³-hybridized carbons (Fsp3) is 0.250. The van der Waals surface area contributed by atoms with Crippen LogP contribution in [0.25, 0.3) is 5.69 Å². The monoisotopic (exact) mass is 293 g/mol. The van der Waals surface area contributed by atoms with E-state index in [4.69, 9.17) is 0 Å². The summed E-state index contributed by atoms with van der Waals surface area (Å²) in [4.78, 5) is 12.2. The van der Waals surface area contributed by atoms with Gasteiger partial charge in [-0.1, -0.05) is 15.9 Å². The number of benzene rings is 1. The maximum atomic E-state index is 12.2. The summed E-state index contributed by atoms with van der Waals surface area (Å²) in [6.07, 6.45) is 0.883.